The molecule has 19 heavy (non-hydrogen) atoms. The van der Waals surface area contributed by atoms with Crippen molar-refractivity contribution in [2.45, 2.75) is 32.4 Å². The Morgan fingerprint density at radius 1 is 1.47 bits per heavy atom. The normalized spacial score (nSPS) is 21.9. The molecule has 1 aromatic rings. The second-order valence-corrected chi connectivity index (χ2v) is 4.81. The first-order valence-corrected chi connectivity index (χ1v) is 6.29. The van der Waals surface area contributed by atoms with E-state index in [1.54, 1.807) is 11.9 Å². The molecule has 1 fully saturated rings. The number of cyclic esters (lactones) is 1. The fourth-order valence-corrected chi connectivity index (χ4v) is 2.06. The molecule has 0 radical (unpaired) electrons. The summed E-state index contributed by atoms with van der Waals surface area (Å²) in [7, 11) is 1.72. The van der Waals surface area contributed by atoms with E-state index >= 15 is 0 Å². The Hall–Kier alpha value is -2.04. The van der Waals surface area contributed by atoms with Gasteiger partial charge in [0.15, 0.2) is 0 Å². The van der Waals surface area contributed by atoms with Crippen LogP contribution < -0.4 is 10.2 Å². The zero-order valence-corrected chi connectivity index (χ0v) is 11.3. The maximum absolute atomic E-state index is 11.6. The second-order valence-electron chi connectivity index (χ2n) is 4.81. The summed E-state index contributed by atoms with van der Waals surface area (Å²) in [6, 6.07) is 7.10. The van der Waals surface area contributed by atoms with Crippen molar-refractivity contribution in [1.29, 1.82) is 0 Å². The molecule has 1 aromatic carbocycles. The molecule has 0 spiro atoms. The van der Waals surface area contributed by atoms with Crippen molar-refractivity contribution in [2.75, 3.05) is 17.3 Å². The van der Waals surface area contributed by atoms with Gasteiger partial charge in [0.2, 0.25) is 5.91 Å². The number of esters is 1. The van der Waals surface area contributed by atoms with Crippen LogP contribution in [0.1, 0.15) is 20.3 Å². The first-order chi connectivity index (χ1) is 8.97. The minimum absolute atomic E-state index is 0.0361. The Balaban J connectivity index is 2.11. The number of ether oxygens (including phenoxy) is 1. The van der Waals surface area contributed by atoms with Crippen molar-refractivity contribution in [3.05, 3.63) is 24.3 Å². The number of rotatable bonds is 3. The Morgan fingerprint density at radius 2 is 2.21 bits per heavy atom. The van der Waals surface area contributed by atoms with E-state index in [1.807, 2.05) is 31.2 Å². The molecule has 0 aliphatic carbocycles. The average molecular weight is 262 g/mol. The van der Waals surface area contributed by atoms with Crippen LogP contribution in [-0.2, 0) is 14.3 Å². The third-order valence-electron chi connectivity index (χ3n) is 3.22. The van der Waals surface area contributed by atoms with Crippen molar-refractivity contribution < 1.29 is 14.3 Å². The summed E-state index contributed by atoms with van der Waals surface area (Å²) in [4.78, 5) is 24.4. The number of anilines is 2. The molecule has 0 unspecified atom stereocenters. The Morgan fingerprint density at radius 3 is 2.79 bits per heavy atom. The second kappa shape index (κ2) is 5.30. The van der Waals surface area contributed by atoms with Gasteiger partial charge in [-0.2, -0.15) is 0 Å². The average Bonchev–Trinajstić information content (AvgIpc) is 2.67. The Bertz CT molecular complexity index is 501. The molecule has 1 aliphatic heterocycles. The summed E-state index contributed by atoms with van der Waals surface area (Å²) in [6.07, 6.45) is 0.610. The van der Waals surface area contributed by atoms with Gasteiger partial charge in [0, 0.05) is 31.8 Å². The van der Waals surface area contributed by atoms with Crippen molar-refractivity contribution >= 4 is 23.3 Å². The summed E-state index contributed by atoms with van der Waals surface area (Å²) < 4.78 is 5.10. The zero-order chi connectivity index (χ0) is 14.0. The smallest absolute Gasteiger partial charge is 0.328 e. The maximum atomic E-state index is 11.6. The van der Waals surface area contributed by atoms with Crippen molar-refractivity contribution in [3.63, 3.8) is 0 Å². The van der Waals surface area contributed by atoms with Crippen LogP contribution in [0.5, 0.6) is 0 Å². The summed E-state index contributed by atoms with van der Waals surface area (Å²) >= 11 is 0. The highest BCUT2D eigenvalue weighted by Gasteiger charge is 2.31. The van der Waals surface area contributed by atoms with Crippen LogP contribution in [0, 0.1) is 0 Å². The third-order valence-corrected chi connectivity index (χ3v) is 3.22. The first-order valence-electron chi connectivity index (χ1n) is 6.29. The molecule has 1 N–H and O–H groups in total. The lowest BCUT2D eigenvalue weighted by atomic mass is 10.1. The van der Waals surface area contributed by atoms with E-state index in [2.05, 4.69) is 5.32 Å². The van der Waals surface area contributed by atoms with E-state index in [4.69, 9.17) is 4.74 Å². The fourth-order valence-electron chi connectivity index (χ4n) is 2.06. The molecule has 5 nitrogen and oxygen atoms in total. The summed E-state index contributed by atoms with van der Waals surface area (Å²) in [5.41, 5.74) is 1.60. The lowest BCUT2D eigenvalue weighted by Crippen LogP contribution is -2.25. The highest BCUT2D eigenvalue weighted by molar-refractivity contribution is 5.91. The molecule has 0 aromatic heterocycles. The third kappa shape index (κ3) is 3.05. The summed E-state index contributed by atoms with van der Waals surface area (Å²) in [5.74, 6) is -0.260. The van der Waals surface area contributed by atoms with Gasteiger partial charge in [-0.1, -0.05) is 6.07 Å². The molecule has 1 saturated heterocycles. The van der Waals surface area contributed by atoms with E-state index in [1.165, 1.54) is 6.92 Å². The number of carbonyl (C=O) groups is 2. The molecule has 2 atom stereocenters. The van der Waals surface area contributed by atoms with Gasteiger partial charge in [0.25, 0.3) is 0 Å². The lowest BCUT2D eigenvalue weighted by Gasteiger charge is -2.17. The van der Waals surface area contributed by atoms with Crippen LogP contribution in [0.3, 0.4) is 0 Å². The molecule has 1 aliphatic rings. The fraction of sp³-hybridized carbons (Fsp3) is 0.429. The van der Waals surface area contributed by atoms with E-state index in [9.17, 15) is 9.59 Å². The molecular formula is C14H18N2O3. The van der Waals surface area contributed by atoms with Crippen molar-refractivity contribution in [3.8, 4) is 0 Å². The monoisotopic (exact) mass is 262 g/mol. The van der Waals surface area contributed by atoms with Crippen LogP contribution in [0.2, 0.25) is 0 Å². The molecule has 0 saturated carbocycles. The topological polar surface area (TPSA) is 58.6 Å². The number of nitrogens with one attached hydrogen (secondary N) is 1. The number of carbonyl (C=O) groups excluding carboxylic acids is 2. The minimum atomic E-state index is -0.312. The molecular weight excluding hydrogens is 244 g/mol. The van der Waals surface area contributed by atoms with Gasteiger partial charge < -0.3 is 15.0 Å². The van der Waals surface area contributed by atoms with Crippen LogP contribution in [-0.4, -0.2) is 31.1 Å². The lowest BCUT2D eigenvalue weighted by molar-refractivity contribution is -0.141. The van der Waals surface area contributed by atoms with Crippen LogP contribution in [0.15, 0.2) is 24.3 Å². The van der Waals surface area contributed by atoms with Gasteiger partial charge in [0.05, 0.1) is 0 Å². The molecule has 0 bridgehead atoms. The number of nitrogens with zero attached hydrogens (tertiary/aromatic N) is 1. The van der Waals surface area contributed by atoms with Crippen LogP contribution in [0.4, 0.5) is 11.4 Å². The highest BCUT2D eigenvalue weighted by Crippen LogP contribution is 2.23. The van der Waals surface area contributed by atoms with Gasteiger partial charge >= 0.3 is 5.97 Å². The standard InChI is InChI=1S/C14H18N2O3/c1-9-7-13(14(18)19-9)15-11-5-4-6-12(8-11)16(3)10(2)17/h4-6,8-9,13,15H,7H2,1-3H3/t9-,13-/m0/s1. The molecule has 102 valence electrons. The molecule has 1 amide bonds. The van der Waals surface area contributed by atoms with E-state index in [-0.39, 0.29) is 24.0 Å². The quantitative estimate of drug-likeness (QED) is 0.844. The first kappa shape index (κ1) is 13.4. The van der Waals surface area contributed by atoms with Gasteiger partial charge in [0.1, 0.15) is 12.1 Å². The molecule has 5 heteroatoms. The molecule has 1 heterocycles. The number of hydrogen-bond acceptors (Lipinski definition) is 4. The van der Waals surface area contributed by atoms with Crippen molar-refractivity contribution in [2.24, 2.45) is 0 Å². The summed E-state index contributed by atoms with van der Waals surface area (Å²) in [5, 5.41) is 3.14. The largest absolute Gasteiger partial charge is 0.461 e. The van der Waals surface area contributed by atoms with Gasteiger partial charge in [-0.25, -0.2) is 4.79 Å². The van der Waals surface area contributed by atoms with E-state index < -0.39 is 0 Å². The maximum Gasteiger partial charge on any atom is 0.328 e. The van der Waals surface area contributed by atoms with Crippen molar-refractivity contribution in [1.82, 2.24) is 0 Å². The van der Waals surface area contributed by atoms with E-state index in [0.717, 1.165) is 11.4 Å². The van der Waals surface area contributed by atoms with Gasteiger partial charge in [-0.05, 0) is 25.1 Å². The Labute approximate surface area is 112 Å². The zero-order valence-electron chi connectivity index (χ0n) is 11.3. The number of hydrogen-bond donors (Lipinski definition) is 1. The minimum Gasteiger partial charge on any atom is -0.461 e. The summed E-state index contributed by atoms with van der Waals surface area (Å²) in [6.45, 7) is 3.38. The highest BCUT2D eigenvalue weighted by atomic mass is 16.6. The molecule has 2 rings (SSSR count). The number of benzene rings is 1. The van der Waals surface area contributed by atoms with E-state index in [0.29, 0.717) is 6.42 Å². The predicted octanol–water partition coefficient (Wildman–Crippen LogP) is 1.79. The van der Waals surface area contributed by atoms with Crippen LogP contribution in [0.25, 0.3) is 0 Å². The van der Waals surface area contributed by atoms with Gasteiger partial charge in [-0.15, -0.1) is 0 Å². The number of amides is 1. The predicted molar refractivity (Wildman–Crippen MR) is 73.1 cm³/mol. The van der Waals surface area contributed by atoms with Gasteiger partial charge in [-0.3, -0.25) is 4.79 Å². The SMILES string of the molecule is CC(=O)N(C)c1cccc(N[C@H]2C[C@H](C)OC2=O)c1. The Kier molecular flexibility index (Phi) is 3.74. The van der Waals surface area contributed by atoms with Crippen LogP contribution >= 0.6 is 0 Å².